The van der Waals surface area contributed by atoms with Crippen LogP contribution in [0.15, 0.2) is 12.1 Å². The van der Waals surface area contributed by atoms with Crippen LogP contribution in [-0.4, -0.2) is 14.2 Å². The SMILES string of the molecule is COc1cc(C2(N)CCC2)cc(C(C)(F)F)c1OC. The minimum Gasteiger partial charge on any atom is -0.493 e. The first-order valence-corrected chi connectivity index (χ1v) is 6.25. The van der Waals surface area contributed by atoms with E-state index in [1.54, 1.807) is 6.07 Å². The monoisotopic (exact) mass is 271 g/mol. The molecule has 19 heavy (non-hydrogen) atoms. The highest BCUT2D eigenvalue weighted by Gasteiger charge is 2.38. The Morgan fingerprint density at radius 3 is 2.21 bits per heavy atom. The Hall–Kier alpha value is -1.36. The quantitative estimate of drug-likeness (QED) is 0.915. The second-order valence-corrected chi connectivity index (χ2v) is 5.16. The van der Waals surface area contributed by atoms with Crippen LogP contribution in [0.2, 0.25) is 0 Å². The number of ether oxygens (including phenoxy) is 2. The van der Waals surface area contributed by atoms with Crippen LogP contribution in [0, 0.1) is 0 Å². The third-order valence-corrected chi connectivity index (χ3v) is 3.77. The minimum absolute atomic E-state index is 0.0710. The highest BCUT2D eigenvalue weighted by Crippen LogP contribution is 2.46. The van der Waals surface area contributed by atoms with Crippen molar-refractivity contribution in [2.75, 3.05) is 14.2 Å². The highest BCUT2D eigenvalue weighted by molar-refractivity contribution is 5.53. The molecule has 1 aliphatic rings. The average Bonchev–Trinajstić information content (AvgIpc) is 2.33. The van der Waals surface area contributed by atoms with Gasteiger partial charge in [0.15, 0.2) is 11.5 Å². The van der Waals surface area contributed by atoms with E-state index in [2.05, 4.69) is 0 Å². The summed E-state index contributed by atoms with van der Waals surface area (Å²) in [6.45, 7) is 0.845. The Morgan fingerprint density at radius 1 is 1.21 bits per heavy atom. The Kier molecular flexibility index (Phi) is 3.43. The fourth-order valence-corrected chi connectivity index (χ4v) is 2.42. The number of nitrogens with two attached hydrogens (primary N) is 1. The number of rotatable bonds is 4. The summed E-state index contributed by atoms with van der Waals surface area (Å²) in [4.78, 5) is 0. The maximum atomic E-state index is 13.7. The van der Waals surface area contributed by atoms with Crippen molar-refractivity contribution in [1.82, 2.24) is 0 Å². The van der Waals surface area contributed by atoms with Crippen molar-refractivity contribution in [3.63, 3.8) is 0 Å². The molecule has 3 nitrogen and oxygen atoms in total. The third-order valence-electron chi connectivity index (χ3n) is 3.77. The second kappa shape index (κ2) is 4.63. The summed E-state index contributed by atoms with van der Waals surface area (Å²) in [5.74, 6) is -2.63. The molecule has 5 heteroatoms. The number of hydrogen-bond donors (Lipinski definition) is 1. The smallest absolute Gasteiger partial charge is 0.274 e. The van der Waals surface area contributed by atoms with E-state index < -0.39 is 11.5 Å². The molecule has 0 unspecified atom stereocenters. The first-order valence-electron chi connectivity index (χ1n) is 6.25. The highest BCUT2D eigenvalue weighted by atomic mass is 19.3. The first-order chi connectivity index (χ1) is 8.81. The van der Waals surface area contributed by atoms with Crippen LogP contribution in [0.1, 0.15) is 37.3 Å². The lowest BCUT2D eigenvalue weighted by atomic mass is 9.72. The van der Waals surface area contributed by atoms with Crippen LogP contribution in [-0.2, 0) is 11.5 Å². The largest absolute Gasteiger partial charge is 0.493 e. The van der Waals surface area contributed by atoms with Crippen LogP contribution in [0.5, 0.6) is 11.5 Å². The molecule has 0 atom stereocenters. The number of methoxy groups -OCH3 is 2. The standard InChI is InChI=1S/C14H19F2NO2/c1-13(15,16)10-7-9(14(17)5-4-6-14)8-11(18-2)12(10)19-3/h7-8H,4-6,17H2,1-3H3. The first kappa shape index (κ1) is 14.1. The molecule has 1 fully saturated rings. The number of hydrogen-bond acceptors (Lipinski definition) is 3. The molecule has 0 amide bonds. The van der Waals surface area contributed by atoms with E-state index in [0.29, 0.717) is 11.3 Å². The summed E-state index contributed by atoms with van der Waals surface area (Å²) in [5.41, 5.74) is 6.20. The molecule has 1 saturated carbocycles. The Balaban J connectivity index is 2.60. The van der Waals surface area contributed by atoms with Crippen molar-refractivity contribution in [1.29, 1.82) is 0 Å². The zero-order valence-corrected chi connectivity index (χ0v) is 11.4. The molecule has 2 rings (SSSR count). The maximum Gasteiger partial charge on any atom is 0.274 e. The predicted octanol–water partition coefficient (Wildman–Crippen LogP) is 3.15. The van der Waals surface area contributed by atoms with Crippen molar-refractivity contribution in [3.8, 4) is 11.5 Å². The number of benzene rings is 1. The van der Waals surface area contributed by atoms with E-state index in [1.165, 1.54) is 20.3 Å². The fraction of sp³-hybridized carbons (Fsp3) is 0.571. The minimum atomic E-state index is -3.01. The van der Waals surface area contributed by atoms with Crippen molar-refractivity contribution in [2.24, 2.45) is 5.73 Å². The van der Waals surface area contributed by atoms with Gasteiger partial charge in [-0.1, -0.05) is 0 Å². The topological polar surface area (TPSA) is 44.5 Å². The molecule has 0 saturated heterocycles. The lowest BCUT2D eigenvalue weighted by molar-refractivity contribution is 0.0144. The second-order valence-electron chi connectivity index (χ2n) is 5.16. The average molecular weight is 271 g/mol. The van der Waals surface area contributed by atoms with Gasteiger partial charge in [-0.3, -0.25) is 0 Å². The molecular weight excluding hydrogens is 252 g/mol. The molecule has 1 aromatic carbocycles. The van der Waals surface area contributed by atoms with E-state index in [-0.39, 0.29) is 11.3 Å². The van der Waals surface area contributed by atoms with Crippen LogP contribution in [0.25, 0.3) is 0 Å². The van der Waals surface area contributed by atoms with Gasteiger partial charge in [0.25, 0.3) is 5.92 Å². The maximum absolute atomic E-state index is 13.7. The van der Waals surface area contributed by atoms with Crippen LogP contribution in [0.4, 0.5) is 8.78 Å². The number of alkyl halides is 2. The molecule has 106 valence electrons. The number of halogens is 2. The zero-order chi connectivity index (χ0) is 14.3. The predicted molar refractivity (Wildman–Crippen MR) is 68.8 cm³/mol. The van der Waals surface area contributed by atoms with E-state index in [1.807, 2.05) is 0 Å². The molecule has 2 N–H and O–H groups in total. The van der Waals surface area contributed by atoms with Gasteiger partial charge in [0.05, 0.1) is 19.8 Å². The van der Waals surface area contributed by atoms with Gasteiger partial charge >= 0.3 is 0 Å². The molecule has 0 radical (unpaired) electrons. The van der Waals surface area contributed by atoms with Crippen LogP contribution < -0.4 is 15.2 Å². The van der Waals surface area contributed by atoms with Crippen LogP contribution >= 0.6 is 0 Å². The molecule has 0 spiro atoms. The summed E-state index contributed by atoms with van der Waals surface area (Å²) < 4.78 is 37.7. The zero-order valence-electron chi connectivity index (χ0n) is 11.4. The van der Waals surface area contributed by atoms with Crippen molar-refractivity contribution < 1.29 is 18.3 Å². The van der Waals surface area contributed by atoms with Crippen molar-refractivity contribution in [3.05, 3.63) is 23.3 Å². The van der Waals surface area contributed by atoms with Crippen molar-refractivity contribution in [2.45, 2.75) is 37.6 Å². The molecule has 0 aromatic heterocycles. The van der Waals surface area contributed by atoms with Crippen molar-refractivity contribution >= 4 is 0 Å². The summed E-state index contributed by atoms with van der Waals surface area (Å²) in [6.07, 6.45) is 2.62. The van der Waals surface area contributed by atoms with Gasteiger partial charge in [0.1, 0.15) is 0 Å². The summed E-state index contributed by atoms with van der Waals surface area (Å²) in [6, 6.07) is 3.15. The molecule has 1 aromatic rings. The van der Waals surface area contributed by atoms with Gasteiger partial charge in [-0.05, 0) is 37.0 Å². The Bertz CT molecular complexity index is 479. The molecule has 0 bridgehead atoms. The Labute approximate surface area is 111 Å². The van der Waals surface area contributed by atoms with Gasteiger partial charge in [-0.2, -0.15) is 0 Å². The lowest BCUT2D eigenvalue weighted by Crippen LogP contribution is -2.43. The normalized spacial score (nSPS) is 17.8. The third kappa shape index (κ3) is 2.39. The van der Waals surface area contributed by atoms with Gasteiger partial charge in [0.2, 0.25) is 0 Å². The molecule has 0 heterocycles. The van der Waals surface area contributed by atoms with E-state index in [0.717, 1.165) is 26.2 Å². The van der Waals surface area contributed by atoms with Crippen LogP contribution in [0.3, 0.4) is 0 Å². The summed E-state index contributed by atoms with van der Waals surface area (Å²) in [7, 11) is 2.79. The fourth-order valence-electron chi connectivity index (χ4n) is 2.42. The Morgan fingerprint density at radius 2 is 1.84 bits per heavy atom. The van der Waals surface area contributed by atoms with E-state index in [4.69, 9.17) is 15.2 Å². The van der Waals surface area contributed by atoms with Gasteiger partial charge in [-0.25, -0.2) is 8.78 Å². The molecular formula is C14H19F2NO2. The molecule has 1 aliphatic carbocycles. The van der Waals surface area contributed by atoms with Gasteiger partial charge in [0, 0.05) is 12.5 Å². The van der Waals surface area contributed by atoms with Gasteiger partial charge in [-0.15, -0.1) is 0 Å². The summed E-state index contributed by atoms with van der Waals surface area (Å²) in [5, 5.41) is 0. The van der Waals surface area contributed by atoms with Gasteiger partial charge < -0.3 is 15.2 Å². The van der Waals surface area contributed by atoms with E-state index in [9.17, 15) is 8.78 Å². The van der Waals surface area contributed by atoms with E-state index >= 15 is 0 Å². The summed E-state index contributed by atoms with van der Waals surface area (Å²) >= 11 is 0. The molecule has 0 aliphatic heterocycles. The lowest BCUT2D eigenvalue weighted by Gasteiger charge is -2.39.